The van der Waals surface area contributed by atoms with Crippen molar-refractivity contribution in [2.24, 2.45) is 5.41 Å². The fourth-order valence-corrected chi connectivity index (χ4v) is 3.24. The zero-order valence-corrected chi connectivity index (χ0v) is 11.7. The van der Waals surface area contributed by atoms with E-state index >= 15 is 0 Å². The smallest absolute Gasteiger partial charge is 0.132 e. The van der Waals surface area contributed by atoms with E-state index in [0.717, 1.165) is 48.9 Å². The van der Waals surface area contributed by atoms with Crippen molar-refractivity contribution in [3.8, 4) is 0 Å². The predicted molar refractivity (Wildman–Crippen MR) is 76.3 cm³/mol. The molecule has 1 aromatic rings. The molecule has 2 fully saturated rings. The molecule has 0 aromatic carbocycles. The number of aryl methyl sites for hydroxylation is 1. The van der Waals surface area contributed by atoms with Crippen molar-refractivity contribution in [3.05, 3.63) is 22.9 Å². The Morgan fingerprint density at radius 3 is 2.63 bits per heavy atom. The van der Waals surface area contributed by atoms with Crippen LogP contribution in [-0.2, 0) is 4.74 Å². The van der Waals surface area contributed by atoms with Gasteiger partial charge in [-0.2, -0.15) is 0 Å². The zero-order chi connectivity index (χ0) is 13.5. The Balaban J connectivity index is 1.81. The molecule has 4 heteroatoms. The van der Waals surface area contributed by atoms with E-state index < -0.39 is 0 Å². The van der Waals surface area contributed by atoms with Crippen LogP contribution in [0.1, 0.15) is 29.7 Å². The quantitative estimate of drug-likeness (QED) is 0.829. The molecule has 102 valence electrons. The molecule has 1 N–H and O–H groups in total. The lowest BCUT2D eigenvalue weighted by Gasteiger charge is -2.53. The minimum atomic E-state index is 0.459. The number of hydrogen-bond acceptors (Lipinski definition) is 4. The molecule has 1 spiro atoms. The molecule has 3 heterocycles. The number of nitrogens with one attached hydrogen (secondary N) is 1. The molecule has 0 aliphatic carbocycles. The van der Waals surface area contributed by atoms with Gasteiger partial charge in [-0.25, -0.2) is 4.98 Å². The third kappa shape index (κ3) is 2.14. The molecule has 0 amide bonds. The Morgan fingerprint density at radius 1 is 1.32 bits per heavy atom. The molecule has 0 bridgehead atoms. The normalized spacial score (nSPS) is 21.3. The van der Waals surface area contributed by atoms with Gasteiger partial charge in [0.25, 0.3) is 0 Å². The summed E-state index contributed by atoms with van der Waals surface area (Å²) in [5.41, 5.74) is 3.56. The van der Waals surface area contributed by atoms with Crippen LogP contribution >= 0.6 is 0 Å². The van der Waals surface area contributed by atoms with Gasteiger partial charge in [0.05, 0.1) is 0 Å². The van der Waals surface area contributed by atoms with Crippen LogP contribution in [0.25, 0.3) is 0 Å². The van der Waals surface area contributed by atoms with Crippen LogP contribution in [-0.4, -0.2) is 37.5 Å². The SMILES string of the molecule is Cc1cc(C=N)c(C)c(N2CC3(CCOCC3)C2)n1. The topological polar surface area (TPSA) is 49.2 Å². The summed E-state index contributed by atoms with van der Waals surface area (Å²) in [6.07, 6.45) is 3.77. The molecule has 0 saturated carbocycles. The van der Waals surface area contributed by atoms with Gasteiger partial charge in [-0.1, -0.05) is 0 Å². The van der Waals surface area contributed by atoms with Gasteiger partial charge in [0.15, 0.2) is 0 Å². The number of pyridine rings is 1. The molecule has 4 nitrogen and oxygen atoms in total. The summed E-state index contributed by atoms with van der Waals surface area (Å²) < 4.78 is 5.46. The van der Waals surface area contributed by atoms with Crippen molar-refractivity contribution in [3.63, 3.8) is 0 Å². The summed E-state index contributed by atoms with van der Waals surface area (Å²) >= 11 is 0. The van der Waals surface area contributed by atoms with E-state index in [1.165, 1.54) is 19.1 Å². The summed E-state index contributed by atoms with van der Waals surface area (Å²) in [4.78, 5) is 7.03. The predicted octanol–water partition coefficient (Wildman–Crippen LogP) is 2.31. The van der Waals surface area contributed by atoms with Gasteiger partial charge in [0.2, 0.25) is 0 Å². The van der Waals surface area contributed by atoms with Gasteiger partial charge in [-0.15, -0.1) is 0 Å². The third-order valence-corrected chi connectivity index (χ3v) is 4.48. The Labute approximate surface area is 114 Å². The molecule has 19 heavy (non-hydrogen) atoms. The van der Waals surface area contributed by atoms with Gasteiger partial charge in [-0.05, 0) is 32.8 Å². The van der Waals surface area contributed by atoms with E-state index in [1.807, 2.05) is 13.0 Å². The van der Waals surface area contributed by atoms with E-state index in [-0.39, 0.29) is 0 Å². The number of nitrogens with zero attached hydrogens (tertiary/aromatic N) is 2. The molecule has 3 rings (SSSR count). The zero-order valence-electron chi connectivity index (χ0n) is 11.7. The monoisotopic (exact) mass is 259 g/mol. The minimum Gasteiger partial charge on any atom is -0.381 e. The second-order valence-corrected chi connectivity index (χ2v) is 5.91. The fourth-order valence-electron chi connectivity index (χ4n) is 3.24. The Hall–Kier alpha value is -1.42. The van der Waals surface area contributed by atoms with Crippen molar-refractivity contribution in [1.82, 2.24) is 4.98 Å². The Kier molecular flexibility index (Phi) is 3.05. The maximum atomic E-state index is 7.50. The molecular formula is C15H21N3O. The highest BCUT2D eigenvalue weighted by Crippen LogP contribution is 2.42. The number of anilines is 1. The molecule has 0 atom stereocenters. The number of ether oxygens (including phenoxy) is 1. The standard InChI is InChI=1S/C15H21N3O/c1-11-7-13(8-16)12(2)14(17-11)18-9-15(10-18)3-5-19-6-4-15/h7-8,16H,3-6,9-10H2,1-2H3. The van der Waals surface area contributed by atoms with E-state index in [2.05, 4.69) is 16.8 Å². The van der Waals surface area contributed by atoms with Crippen LogP contribution in [0.2, 0.25) is 0 Å². The first-order valence-corrected chi connectivity index (χ1v) is 6.95. The lowest BCUT2D eigenvalue weighted by atomic mass is 9.73. The minimum absolute atomic E-state index is 0.459. The molecule has 2 saturated heterocycles. The maximum absolute atomic E-state index is 7.50. The van der Waals surface area contributed by atoms with Crippen molar-refractivity contribution in [2.45, 2.75) is 26.7 Å². The molecule has 0 unspecified atom stereocenters. The second-order valence-electron chi connectivity index (χ2n) is 5.91. The second kappa shape index (κ2) is 4.60. The van der Waals surface area contributed by atoms with Crippen LogP contribution in [0.4, 0.5) is 5.82 Å². The highest BCUT2D eigenvalue weighted by atomic mass is 16.5. The van der Waals surface area contributed by atoms with Gasteiger partial charge in [0, 0.05) is 54.8 Å². The Bertz CT molecular complexity index is 498. The fraction of sp³-hybridized carbons (Fsp3) is 0.600. The molecule has 2 aliphatic heterocycles. The van der Waals surface area contributed by atoms with E-state index in [1.54, 1.807) is 0 Å². The molecular weight excluding hydrogens is 238 g/mol. The summed E-state index contributed by atoms with van der Waals surface area (Å²) in [6, 6.07) is 1.98. The largest absolute Gasteiger partial charge is 0.381 e. The number of aromatic nitrogens is 1. The van der Waals surface area contributed by atoms with Crippen LogP contribution in [0.5, 0.6) is 0 Å². The van der Waals surface area contributed by atoms with Crippen LogP contribution in [0.3, 0.4) is 0 Å². The summed E-state index contributed by atoms with van der Waals surface area (Å²) in [5, 5.41) is 7.50. The highest BCUT2D eigenvalue weighted by Gasteiger charge is 2.44. The lowest BCUT2D eigenvalue weighted by Crippen LogP contribution is -2.59. The highest BCUT2D eigenvalue weighted by molar-refractivity contribution is 5.82. The maximum Gasteiger partial charge on any atom is 0.132 e. The number of rotatable bonds is 2. The average molecular weight is 259 g/mol. The average Bonchev–Trinajstić information content (AvgIpc) is 2.39. The number of hydrogen-bond donors (Lipinski definition) is 1. The third-order valence-electron chi connectivity index (χ3n) is 4.48. The van der Waals surface area contributed by atoms with E-state index in [0.29, 0.717) is 5.41 Å². The van der Waals surface area contributed by atoms with Crippen LogP contribution in [0.15, 0.2) is 6.07 Å². The van der Waals surface area contributed by atoms with Crippen LogP contribution in [0, 0.1) is 24.7 Å². The van der Waals surface area contributed by atoms with Gasteiger partial charge in [0.1, 0.15) is 5.82 Å². The van der Waals surface area contributed by atoms with Crippen LogP contribution < -0.4 is 4.90 Å². The van der Waals surface area contributed by atoms with Crippen molar-refractivity contribution in [1.29, 1.82) is 5.41 Å². The van der Waals surface area contributed by atoms with Crippen molar-refractivity contribution >= 4 is 12.0 Å². The van der Waals surface area contributed by atoms with Gasteiger partial charge >= 0.3 is 0 Å². The van der Waals surface area contributed by atoms with Crippen molar-refractivity contribution < 1.29 is 4.74 Å². The molecule has 0 radical (unpaired) electrons. The summed E-state index contributed by atoms with van der Waals surface area (Å²) in [6.45, 7) is 8.05. The Morgan fingerprint density at radius 2 is 2.00 bits per heavy atom. The first kappa shape index (κ1) is 12.6. The summed E-state index contributed by atoms with van der Waals surface area (Å²) in [5.74, 6) is 1.07. The van der Waals surface area contributed by atoms with Crippen molar-refractivity contribution in [2.75, 3.05) is 31.2 Å². The van der Waals surface area contributed by atoms with Gasteiger partial charge < -0.3 is 15.0 Å². The molecule has 1 aromatic heterocycles. The van der Waals surface area contributed by atoms with E-state index in [4.69, 9.17) is 10.1 Å². The first-order chi connectivity index (χ1) is 9.13. The summed E-state index contributed by atoms with van der Waals surface area (Å²) in [7, 11) is 0. The van der Waals surface area contributed by atoms with Gasteiger partial charge in [-0.3, -0.25) is 0 Å². The molecule has 2 aliphatic rings. The first-order valence-electron chi connectivity index (χ1n) is 6.95. The lowest BCUT2D eigenvalue weighted by molar-refractivity contribution is -0.000498. The van der Waals surface area contributed by atoms with E-state index in [9.17, 15) is 0 Å².